The zero-order chi connectivity index (χ0) is 22.3. The number of aliphatic carboxylic acids is 1. The molecule has 31 heavy (non-hydrogen) atoms. The number of halogens is 3. The normalized spacial score (nSPS) is 15.9. The third kappa shape index (κ3) is 6.72. The van der Waals surface area contributed by atoms with Crippen molar-refractivity contribution in [1.29, 1.82) is 0 Å². The first-order valence-electron chi connectivity index (χ1n) is 9.93. The number of carbonyl (C=O) groups is 1. The van der Waals surface area contributed by atoms with Gasteiger partial charge in [0.05, 0.1) is 12.2 Å². The summed E-state index contributed by atoms with van der Waals surface area (Å²) in [5.74, 6) is -0.0542. The van der Waals surface area contributed by atoms with E-state index in [1.807, 2.05) is 6.07 Å². The van der Waals surface area contributed by atoms with Crippen LogP contribution in [0.15, 0.2) is 66.8 Å². The van der Waals surface area contributed by atoms with Crippen molar-refractivity contribution in [2.24, 2.45) is 5.92 Å². The summed E-state index contributed by atoms with van der Waals surface area (Å²) >= 11 is 0. The van der Waals surface area contributed by atoms with Gasteiger partial charge < -0.3 is 14.6 Å². The fourth-order valence-electron chi connectivity index (χ4n) is 3.31. The number of benzene rings is 2. The largest absolute Gasteiger partial charge is 0.493 e. The van der Waals surface area contributed by atoms with Crippen molar-refractivity contribution < 1.29 is 32.5 Å². The molecule has 0 amide bonds. The number of allylic oxidation sites excluding steroid dienone is 2. The van der Waals surface area contributed by atoms with Crippen LogP contribution in [0.3, 0.4) is 0 Å². The third-order valence-electron chi connectivity index (χ3n) is 5.00. The van der Waals surface area contributed by atoms with Crippen LogP contribution in [0.4, 0.5) is 13.2 Å². The minimum absolute atomic E-state index is 0.417. The van der Waals surface area contributed by atoms with Crippen LogP contribution in [0.5, 0.6) is 5.75 Å². The molecule has 1 aliphatic heterocycles. The van der Waals surface area contributed by atoms with Crippen LogP contribution in [0.1, 0.15) is 29.5 Å². The maximum absolute atomic E-state index is 12.9. The van der Waals surface area contributed by atoms with Crippen molar-refractivity contribution in [3.05, 3.63) is 83.4 Å². The molecule has 1 N–H and O–H groups in total. The predicted molar refractivity (Wildman–Crippen MR) is 111 cm³/mol. The minimum atomic E-state index is -4.43. The SMILES string of the molecule is O=C(O)/C=C/C=C(/c1ccc(C(F)(F)F)cc1)c1cccc(OCC2CCOCC2)c1. The monoisotopic (exact) mass is 432 g/mol. The molecule has 1 aliphatic rings. The molecule has 3 rings (SSSR count). The fraction of sp³-hybridized carbons (Fsp3) is 0.292. The second-order valence-electron chi connectivity index (χ2n) is 7.25. The van der Waals surface area contributed by atoms with Crippen LogP contribution in [0, 0.1) is 5.92 Å². The zero-order valence-electron chi connectivity index (χ0n) is 16.8. The zero-order valence-corrected chi connectivity index (χ0v) is 16.8. The number of rotatable bonds is 7. The van der Waals surface area contributed by atoms with E-state index >= 15 is 0 Å². The lowest BCUT2D eigenvalue weighted by molar-refractivity contribution is -0.137. The van der Waals surface area contributed by atoms with Gasteiger partial charge >= 0.3 is 12.1 Å². The molecule has 164 valence electrons. The van der Waals surface area contributed by atoms with Gasteiger partial charge in [0.15, 0.2) is 0 Å². The van der Waals surface area contributed by atoms with Gasteiger partial charge in [-0.1, -0.05) is 36.4 Å². The summed E-state index contributed by atoms with van der Waals surface area (Å²) in [7, 11) is 0. The van der Waals surface area contributed by atoms with Gasteiger partial charge in [-0.15, -0.1) is 0 Å². The summed E-state index contributed by atoms with van der Waals surface area (Å²) in [5, 5.41) is 8.86. The number of hydrogen-bond donors (Lipinski definition) is 1. The molecule has 0 aliphatic carbocycles. The molecule has 0 bridgehead atoms. The van der Waals surface area contributed by atoms with Gasteiger partial charge in [-0.25, -0.2) is 4.79 Å². The first-order chi connectivity index (χ1) is 14.8. The van der Waals surface area contributed by atoms with E-state index in [1.54, 1.807) is 24.3 Å². The third-order valence-corrected chi connectivity index (χ3v) is 5.00. The van der Waals surface area contributed by atoms with Crippen molar-refractivity contribution in [3.63, 3.8) is 0 Å². The van der Waals surface area contributed by atoms with Crippen molar-refractivity contribution in [2.45, 2.75) is 19.0 Å². The van der Waals surface area contributed by atoms with Crippen LogP contribution < -0.4 is 4.74 Å². The lowest BCUT2D eigenvalue weighted by atomic mass is 9.96. The number of carboxylic acid groups (broad SMARTS) is 1. The first-order valence-corrected chi connectivity index (χ1v) is 9.93. The highest BCUT2D eigenvalue weighted by Crippen LogP contribution is 2.32. The highest BCUT2D eigenvalue weighted by molar-refractivity contribution is 5.84. The highest BCUT2D eigenvalue weighted by atomic mass is 19.4. The van der Waals surface area contributed by atoms with Gasteiger partial charge in [-0.05, 0) is 59.7 Å². The van der Waals surface area contributed by atoms with Crippen molar-refractivity contribution in [3.8, 4) is 5.75 Å². The Labute approximate surface area is 178 Å². The summed E-state index contributed by atoms with van der Waals surface area (Å²) in [6.07, 6.45) is 1.34. The minimum Gasteiger partial charge on any atom is -0.493 e. The van der Waals surface area contributed by atoms with Gasteiger partial charge in [-0.2, -0.15) is 13.2 Å². The van der Waals surface area contributed by atoms with Crippen molar-refractivity contribution in [2.75, 3.05) is 19.8 Å². The van der Waals surface area contributed by atoms with E-state index in [0.717, 1.165) is 44.3 Å². The lowest BCUT2D eigenvalue weighted by Gasteiger charge is -2.22. The summed E-state index contributed by atoms with van der Waals surface area (Å²) in [4.78, 5) is 10.8. The van der Waals surface area contributed by atoms with E-state index in [1.165, 1.54) is 18.2 Å². The topological polar surface area (TPSA) is 55.8 Å². The molecule has 2 aromatic rings. The molecule has 0 unspecified atom stereocenters. The molecule has 7 heteroatoms. The van der Waals surface area contributed by atoms with Crippen molar-refractivity contribution >= 4 is 11.5 Å². The molecule has 4 nitrogen and oxygen atoms in total. The quantitative estimate of drug-likeness (QED) is 0.458. The number of ether oxygens (including phenoxy) is 2. The molecular formula is C24H23F3O4. The van der Waals surface area contributed by atoms with Crippen LogP contribution in [0.25, 0.3) is 5.57 Å². The maximum Gasteiger partial charge on any atom is 0.416 e. The number of carboxylic acids is 1. The van der Waals surface area contributed by atoms with Gasteiger partial charge in [-0.3, -0.25) is 0 Å². The maximum atomic E-state index is 12.9. The average molecular weight is 432 g/mol. The molecule has 0 atom stereocenters. The van der Waals surface area contributed by atoms with Gasteiger partial charge in [0, 0.05) is 19.3 Å². The van der Waals surface area contributed by atoms with Crippen LogP contribution >= 0.6 is 0 Å². The molecule has 2 aromatic carbocycles. The average Bonchev–Trinajstić information content (AvgIpc) is 2.76. The lowest BCUT2D eigenvalue weighted by Crippen LogP contribution is -2.21. The Morgan fingerprint density at radius 1 is 1.10 bits per heavy atom. The first kappa shape index (κ1) is 22.6. The Balaban J connectivity index is 1.86. The van der Waals surface area contributed by atoms with E-state index in [2.05, 4.69) is 0 Å². The van der Waals surface area contributed by atoms with E-state index in [-0.39, 0.29) is 0 Å². The molecule has 0 spiro atoms. The Morgan fingerprint density at radius 2 is 1.81 bits per heavy atom. The standard InChI is InChI=1S/C24H23F3O4/c25-24(26,27)20-9-7-18(8-10-20)22(5-2-6-23(28)29)19-3-1-4-21(15-19)31-16-17-11-13-30-14-12-17/h1-10,15,17H,11-14,16H2,(H,28,29)/b6-2+,22-5-. The van der Waals surface area contributed by atoms with E-state index in [4.69, 9.17) is 14.6 Å². The van der Waals surface area contributed by atoms with E-state index in [0.29, 0.717) is 35.0 Å². The Hall–Kier alpha value is -3.06. The summed E-state index contributed by atoms with van der Waals surface area (Å²) in [6, 6.07) is 12.0. The van der Waals surface area contributed by atoms with Crippen LogP contribution in [-0.4, -0.2) is 30.9 Å². The fourth-order valence-corrected chi connectivity index (χ4v) is 3.31. The summed E-state index contributed by atoms with van der Waals surface area (Å²) < 4.78 is 50.0. The van der Waals surface area contributed by atoms with E-state index < -0.39 is 17.7 Å². The smallest absolute Gasteiger partial charge is 0.416 e. The van der Waals surface area contributed by atoms with Crippen LogP contribution in [0.2, 0.25) is 0 Å². The molecule has 1 fully saturated rings. The molecule has 1 saturated heterocycles. The second-order valence-corrected chi connectivity index (χ2v) is 7.25. The Kier molecular flexibility index (Phi) is 7.52. The highest BCUT2D eigenvalue weighted by Gasteiger charge is 2.30. The van der Waals surface area contributed by atoms with Gasteiger partial charge in [0.2, 0.25) is 0 Å². The van der Waals surface area contributed by atoms with Gasteiger partial charge in [0.25, 0.3) is 0 Å². The molecule has 0 aromatic heterocycles. The van der Waals surface area contributed by atoms with Crippen molar-refractivity contribution in [1.82, 2.24) is 0 Å². The molecular weight excluding hydrogens is 409 g/mol. The summed E-state index contributed by atoms with van der Waals surface area (Å²) in [5.41, 5.74) is 1.08. The second kappa shape index (κ2) is 10.3. The molecule has 0 radical (unpaired) electrons. The number of hydrogen-bond acceptors (Lipinski definition) is 3. The Morgan fingerprint density at radius 3 is 2.45 bits per heavy atom. The molecule has 0 saturated carbocycles. The van der Waals surface area contributed by atoms with Crippen LogP contribution in [-0.2, 0) is 15.7 Å². The van der Waals surface area contributed by atoms with E-state index in [9.17, 15) is 18.0 Å². The Bertz CT molecular complexity index is 940. The van der Waals surface area contributed by atoms with Gasteiger partial charge in [0.1, 0.15) is 5.75 Å². The number of alkyl halides is 3. The molecule has 1 heterocycles. The predicted octanol–water partition coefficient (Wildman–Crippen LogP) is 5.58. The summed E-state index contributed by atoms with van der Waals surface area (Å²) in [6.45, 7) is 2.01.